The van der Waals surface area contributed by atoms with E-state index in [2.05, 4.69) is 19.9 Å². The Morgan fingerprint density at radius 1 is 1.15 bits per heavy atom. The highest BCUT2D eigenvalue weighted by Gasteiger charge is 2.27. The number of hydrogen-bond acceptors (Lipinski definition) is 5. The van der Waals surface area contributed by atoms with Gasteiger partial charge in [-0.3, -0.25) is 14.8 Å². The van der Waals surface area contributed by atoms with Gasteiger partial charge in [0.15, 0.2) is 5.82 Å². The minimum Gasteiger partial charge on any atom is -0.338 e. The van der Waals surface area contributed by atoms with Gasteiger partial charge in [-0.25, -0.2) is 9.97 Å². The molecule has 3 aromatic rings. The van der Waals surface area contributed by atoms with E-state index in [1.165, 1.54) is 0 Å². The van der Waals surface area contributed by atoms with Gasteiger partial charge in [-0.05, 0) is 30.9 Å². The van der Waals surface area contributed by atoms with E-state index in [1.807, 2.05) is 28.9 Å². The van der Waals surface area contributed by atoms with Gasteiger partial charge in [0.1, 0.15) is 5.69 Å². The van der Waals surface area contributed by atoms with E-state index in [9.17, 15) is 4.79 Å². The van der Waals surface area contributed by atoms with Gasteiger partial charge in [0.05, 0.1) is 11.9 Å². The smallest absolute Gasteiger partial charge is 0.253 e. The molecule has 0 unspecified atom stereocenters. The Bertz CT molecular complexity index is 890. The fraction of sp³-hybridized carbons (Fsp3) is 0.316. The van der Waals surface area contributed by atoms with Gasteiger partial charge >= 0.3 is 0 Å². The molecule has 1 aliphatic heterocycles. The first-order chi connectivity index (χ1) is 12.7. The lowest BCUT2D eigenvalue weighted by molar-refractivity contribution is 0.0787. The first-order valence-corrected chi connectivity index (χ1v) is 8.68. The number of carbonyl (C=O) groups is 1. The van der Waals surface area contributed by atoms with Gasteiger partial charge in [0, 0.05) is 56.7 Å². The van der Waals surface area contributed by atoms with Crippen LogP contribution in [0.1, 0.15) is 22.5 Å². The van der Waals surface area contributed by atoms with Crippen LogP contribution in [0.15, 0.2) is 49.3 Å². The summed E-state index contributed by atoms with van der Waals surface area (Å²) in [7, 11) is 1.94. The van der Waals surface area contributed by atoms with Crippen molar-refractivity contribution in [1.29, 1.82) is 0 Å². The molecule has 0 N–H and O–H groups in total. The molecule has 1 saturated heterocycles. The molecular weight excluding hydrogens is 328 g/mol. The van der Waals surface area contributed by atoms with E-state index in [0.29, 0.717) is 11.5 Å². The van der Waals surface area contributed by atoms with E-state index in [4.69, 9.17) is 0 Å². The SMILES string of the molecule is Cn1ccnc1-c1cnc(C[C@@H]2CCN(C(=O)c3ccncc3)C2)cn1. The van der Waals surface area contributed by atoms with Gasteiger partial charge < -0.3 is 9.47 Å². The average molecular weight is 348 g/mol. The van der Waals surface area contributed by atoms with Crippen molar-refractivity contribution in [2.24, 2.45) is 13.0 Å². The summed E-state index contributed by atoms with van der Waals surface area (Å²) in [6.07, 6.45) is 12.3. The van der Waals surface area contributed by atoms with Gasteiger partial charge in [-0.15, -0.1) is 0 Å². The van der Waals surface area contributed by atoms with Crippen LogP contribution in [-0.4, -0.2) is 48.4 Å². The number of hydrogen-bond donors (Lipinski definition) is 0. The second-order valence-electron chi connectivity index (χ2n) is 6.60. The van der Waals surface area contributed by atoms with Gasteiger partial charge in [-0.2, -0.15) is 0 Å². The number of amides is 1. The number of imidazole rings is 1. The minimum absolute atomic E-state index is 0.0751. The maximum Gasteiger partial charge on any atom is 0.253 e. The van der Waals surface area contributed by atoms with Crippen molar-refractivity contribution < 1.29 is 4.79 Å². The Hall–Kier alpha value is -3.09. The van der Waals surface area contributed by atoms with Crippen LogP contribution < -0.4 is 0 Å². The summed E-state index contributed by atoms with van der Waals surface area (Å²) in [5, 5.41) is 0. The highest BCUT2D eigenvalue weighted by molar-refractivity contribution is 5.94. The largest absolute Gasteiger partial charge is 0.338 e. The molecule has 0 radical (unpaired) electrons. The third-order valence-electron chi connectivity index (χ3n) is 4.75. The predicted octanol–water partition coefficient (Wildman–Crippen LogP) is 1.98. The Labute approximate surface area is 151 Å². The third-order valence-corrected chi connectivity index (χ3v) is 4.75. The Balaban J connectivity index is 1.38. The lowest BCUT2D eigenvalue weighted by Crippen LogP contribution is -2.29. The average Bonchev–Trinajstić information content (AvgIpc) is 3.32. The summed E-state index contributed by atoms with van der Waals surface area (Å²) in [6.45, 7) is 1.54. The number of aryl methyl sites for hydroxylation is 1. The van der Waals surface area contributed by atoms with Crippen molar-refractivity contribution in [3.63, 3.8) is 0 Å². The summed E-state index contributed by atoms with van der Waals surface area (Å²) in [4.78, 5) is 31.7. The fourth-order valence-corrected chi connectivity index (χ4v) is 3.34. The van der Waals surface area contributed by atoms with Gasteiger partial charge in [0.25, 0.3) is 5.91 Å². The lowest BCUT2D eigenvalue weighted by Gasteiger charge is -2.16. The maximum absolute atomic E-state index is 12.5. The number of nitrogens with zero attached hydrogens (tertiary/aromatic N) is 6. The van der Waals surface area contributed by atoms with Crippen LogP contribution in [0.3, 0.4) is 0 Å². The van der Waals surface area contributed by atoms with Crippen LogP contribution in [0.2, 0.25) is 0 Å². The number of aromatic nitrogens is 5. The molecule has 1 aliphatic rings. The molecule has 1 fully saturated rings. The van der Waals surface area contributed by atoms with E-state index < -0.39 is 0 Å². The lowest BCUT2D eigenvalue weighted by atomic mass is 10.0. The molecule has 4 rings (SSSR count). The van der Waals surface area contributed by atoms with Crippen LogP contribution in [0.25, 0.3) is 11.5 Å². The Morgan fingerprint density at radius 2 is 2.00 bits per heavy atom. The molecular formula is C19H20N6O. The molecule has 26 heavy (non-hydrogen) atoms. The molecule has 7 nitrogen and oxygen atoms in total. The minimum atomic E-state index is 0.0751. The van der Waals surface area contributed by atoms with Crippen LogP contribution in [-0.2, 0) is 13.5 Å². The molecule has 3 aromatic heterocycles. The number of pyridine rings is 1. The van der Waals surface area contributed by atoms with E-state index in [1.54, 1.807) is 36.9 Å². The van der Waals surface area contributed by atoms with Crippen molar-refractivity contribution >= 4 is 5.91 Å². The normalized spacial score (nSPS) is 16.8. The van der Waals surface area contributed by atoms with Crippen LogP contribution in [0.4, 0.5) is 0 Å². The summed E-state index contributed by atoms with van der Waals surface area (Å²) < 4.78 is 1.92. The molecule has 0 aromatic carbocycles. The molecule has 0 spiro atoms. The first kappa shape index (κ1) is 16.4. The summed E-state index contributed by atoms with van der Waals surface area (Å²) in [6, 6.07) is 3.52. The second kappa shape index (κ2) is 7.03. The van der Waals surface area contributed by atoms with Crippen LogP contribution >= 0.6 is 0 Å². The predicted molar refractivity (Wildman–Crippen MR) is 96.2 cm³/mol. The fourth-order valence-electron chi connectivity index (χ4n) is 3.34. The van der Waals surface area contributed by atoms with Crippen molar-refractivity contribution in [2.75, 3.05) is 13.1 Å². The van der Waals surface area contributed by atoms with Crippen molar-refractivity contribution in [3.05, 3.63) is 60.6 Å². The van der Waals surface area contributed by atoms with Crippen LogP contribution in [0.5, 0.6) is 0 Å². The summed E-state index contributed by atoms with van der Waals surface area (Å²) in [5.41, 5.74) is 2.41. The number of carbonyl (C=O) groups excluding carboxylic acids is 1. The van der Waals surface area contributed by atoms with Crippen molar-refractivity contribution in [2.45, 2.75) is 12.8 Å². The first-order valence-electron chi connectivity index (χ1n) is 8.68. The zero-order valence-corrected chi connectivity index (χ0v) is 14.6. The number of likely N-dealkylation sites (tertiary alicyclic amines) is 1. The monoisotopic (exact) mass is 348 g/mol. The maximum atomic E-state index is 12.5. The Morgan fingerprint density at radius 3 is 2.69 bits per heavy atom. The molecule has 0 bridgehead atoms. The molecule has 132 valence electrons. The van der Waals surface area contributed by atoms with E-state index in [-0.39, 0.29) is 5.91 Å². The second-order valence-corrected chi connectivity index (χ2v) is 6.60. The molecule has 1 atom stereocenters. The van der Waals surface area contributed by atoms with Crippen molar-refractivity contribution in [1.82, 2.24) is 29.4 Å². The molecule has 0 aliphatic carbocycles. The summed E-state index contributed by atoms with van der Waals surface area (Å²) >= 11 is 0. The highest BCUT2D eigenvalue weighted by atomic mass is 16.2. The molecule has 0 saturated carbocycles. The number of rotatable bonds is 4. The zero-order valence-electron chi connectivity index (χ0n) is 14.6. The third kappa shape index (κ3) is 3.33. The van der Waals surface area contributed by atoms with E-state index in [0.717, 1.165) is 43.1 Å². The molecule has 7 heteroatoms. The van der Waals surface area contributed by atoms with Crippen LogP contribution in [0, 0.1) is 5.92 Å². The van der Waals surface area contributed by atoms with Crippen molar-refractivity contribution in [3.8, 4) is 11.5 Å². The zero-order chi connectivity index (χ0) is 17.9. The topological polar surface area (TPSA) is 76.8 Å². The molecule has 1 amide bonds. The molecule has 4 heterocycles. The Kier molecular flexibility index (Phi) is 4.43. The van der Waals surface area contributed by atoms with Gasteiger partial charge in [0.2, 0.25) is 0 Å². The summed E-state index contributed by atoms with van der Waals surface area (Å²) in [5.74, 6) is 1.29. The van der Waals surface area contributed by atoms with E-state index >= 15 is 0 Å². The highest BCUT2D eigenvalue weighted by Crippen LogP contribution is 2.22. The standard InChI is InChI=1S/C19H20N6O/c1-24-9-7-21-18(24)17-12-22-16(11-23-17)10-14-4-8-25(13-14)19(26)15-2-5-20-6-3-15/h2-3,5-7,9,11-12,14H,4,8,10,13H2,1H3/t14-/m0/s1. The quantitative estimate of drug-likeness (QED) is 0.720. The van der Waals surface area contributed by atoms with Gasteiger partial charge in [-0.1, -0.05) is 0 Å².